The van der Waals surface area contributed by atoms with E-state index in [1.807, 2.05) is 6.08 Å². The summed E-state index contributed by atoms with van der Waals surface area (Å²) in [5.74, 6) is 0. The fraction of sp³-hybridized carbons (Fsp3) is 0. The number of hydrogen-bond acceptors (Lipinski definition) is 1. The number of benzene rings is 7. The van der Waals surface area contributed by atoms with Gasteiger partial charge in [0.05, 0.1) is 43.9 Å². The minimum absolute atomic E-state index is 0.907. The van der Waals surface area contributed by atoms with Gasteiger partial charge < -0.3 is 18.1 Å². The monoisotopic (exact) mass is 665 g/mol. The lowest BCUT2D eigenvalue weighted by atomic mass is 10.1. The van der Waals surface area contributed by atoms with Gasteiger partial charge in [0.2, 0.25) is 0 Å². The van der Waals surface area contributed by atoms with E-state index in [4.69, 9.17) is 4.42 Å². The molecule has 0 saturated carbocycles. The van der Waals surface area contributed by atoms with Crippen LogP contribution in [0.4, 0.5) is 0 Å². The highest BCUT2D eigenvalue weighted by Gasteiger charge is 2.21. The summed E-state index contributed by atoms with van der Waals surface area (Å²) in [5.41, 5.74) is 10.8. The maximum Gasteiger partial charge on any atom is 0.145 e. The van der Waals surface area contributed by atoms with E-state index in [0.29, 0.717) is 0 Å². The van der Waals surface area contributed by atoms with Crippen LogP contribution in [0.25, 0.3) is 105 Å². The summed E-state index contributed by atoms with van der Waals surface area (Å²) in [7, 11) is 0. The van der Waals surface area contributed by atoms with Crippen LogP contribution in [0.5, 0.6) is 0 Å². The molecule has 0 saturated heterocycles. The van der Waals surface area contributed by atoms with Crippen molar-refractivity contribution in [3.8, 4) is 5.69 Å². The number of fused-ring (bicyclic) bond motifs is 14. The van der Waals surface area contributed by atoms with Gasteiger partial charge in [0.15, 0.2) is 0 Å². The van der Waals surface area contributed by atoms with E-state index in [1.54, 1.807) is 0 Å². The first kappa shape index (κ1) is 28.8. The standard InChI is InChI=1S/C48H31N3O/c1-2-14-31(50-40-22-11-6-17-33(40)34-18-7-12-23-41(34)50)29-30-49-39-21-10-8-19-37(39)45-43(49)27-25-35-36-26-28-44-46(48(36)52-47(35)45)38-20-9-13-24-42(38)51(44)32-15-4-3-5-16-32/h2-30H,1H2/b30-29+,31-14+. The predicted molar refractivity (Wildman–Crippen MR) is 220 cm³/mol. The van der Waals surface area contributed by atoms with E-state index in [0.717, 1.165) is 82.6 Å². The molecule has 0 aliphatic heterocycles. The maximum absolute atomic E-state index is 7.10. The second-order valence-corrected chi connectivity index (χ2v) is 13.4. The first-order valence-corrected chi connectivity index (χ1v) is 17.6. The molecule has 4 aromatic heterocycles. The Hall–Kier alpha value is -7.04. The summed E-state index contributed by atoms with van der Waals surface area (Å²) in [6, 6.07) is 54.0. The topological polar surface area (TPSA) is 27.9 Å². The van der Waals surface area contributed by atoms with Crippen LogP contribution in [-0.4, -0.2) is 13.7 Å². The van der Waals surface area contributed by atoms with Crippen LogP contribution < -0.4 is 0 Å². The molecule has 244 valence electrons. The first-order valence-electron chi connectivity index (χ1n) is 17.6. The average Bonchev–Trinajstić information content (AvgIpc) is 3.93. The van der Waals surface area contributed by atoms with Crippen molar-refractivity contribution < 1.29 is 4.42 Å². The van der Waals surface area contributed by atoms with Gasteiger partial charge in [0.1, 0.15) is 11.2 Å². The van der Waals surface area contributed by atoms with Crippen LogP contribution in [0.2, 0.25) is 0 Å². The second kappa shape index (κ2) is 11.0. The van der Waals surface area contributed by atoms with Crippen molar-refractivity contribution in [1.29, 1.82) is 0 Å². The van der Waals surface area contributed by atoms with Gasteiger partial charge in [-0.1, -0.05) is 104 Å². The third-order valence-corrected chi connectivity index (χ3v) is 10.6. The fourth-order valence-electron chi connectivity index (χ4n) is 8.52. The molecule has 0 spiro atoms. The van der Waals surface area contributed by atoms with E-state index >= 15 is 0 Å². The predicted octanol–water partition coefficient (Wildman–Crippen LogP) is 13.1. The zero-order valence-corrected chi connectivity index (χ0v) is 28.2. The first-order chi connectivity index (χ1) is 25.8. The largest absolute Gasteiger partial charge is 0.455 e. The summed E-state index contributed by atoms with van der Waals surface area (Å²) < 4.78 is 14.1. The van der Waals surface area contributed by atoms with Crippen molar-refractivity contribution in [2.75, 3.05) is 0 Å². The number of aromatic nitrogens is 3. The molecule has 52 heavy (non-hydrogen) atoms. The van der Waals surface area contributed by atoms with Crippen LogP contribution >= 0.6 is 0 Å². The highest BCUT2D eigenvalue weighted by Crippen LogP contribution is 2.44. The van der Waals surface area contributed by atoms with Crippen LogP contribution in [0.1, 0.15) is 0 Å². The van der Waals surface area contributed by atoms with Crippen LogP contribution in [0, 0.1) is 0 Å². The summed E-state index contributed by atoms with van der Waals surface area (Å²) in [5, 5.41) is 9.27. The van der Waals surface area contributed by atoms with Gasteiger partial charge in [-0.25, -0.2) is 0 Å². The molecule has 0 N–H and O–H groups in total. The van der Waals surface area contributed by atoms with Gasteiger partial charge in [-0.05, 0) is 72.8 Å². The fourth-order valence-corrected chi connectivity index (χ4v) is 8.52. The highest BCUT2D eigenvalue weighted by atomic mass is 16.3. The Bertz CT molecular complexity index is 3250. The molecule has 0 radical (unpaired) electrons. The second-order valence-electron chi connectivity index (χ2n) is 13.4. The van der Waals surface area contributed by atoms with Crippen molar-refractivity contribution in [2.24, 2.45) is 0 Å². The molecule has 0 aliphatic rings. The van der Waals surface area contributed by atoms with Crippen LogP contribution in [0.15, 0.2) is 181 Å². The number of allylic oxidation sites excluding steroid dienone is 4. The van der Waals surface area contributed by atoms with Crippen molar-refractivity contribution >= 4 is 99.3 Å². The molecule has 4 heterocycles. The van der Waals surface area contributed by atoms with Crippen LogP contribution in [-0.2, 0) is 0 Å². The number of nitrogens with zero attached hydrogens (tertiary/aromatic N) is 3. The lowest BCUT2D eigenvalue weighted by Gasteiger charge is -2.09. The molecule has 11 rings (SSSR count). The Morgan fingerprint density at radius 1 is 0.462 bits per heavy atom. The van der Waals surface area contributed by atoms with Gasteiger partial charge in [-0.3, -0.25) is 0 Å². The summed E-state index contributed by atoms with van der Waals surface area (Å²) in [6.07, 6.45) is 8.32. The molecule has 0 bridgehead atoms. The minimum Gasteiger partial charge on any atom is -0.455 e. The molecule has 0 amide bonds. The van der Waals surface area contributed by atoms with Gasteiger partial charge >= 0.3 is 0 Å². The zero-order valence-electron chi connectivity index (χ0n) is 28.2. The molecule has 0 fully saturated rings. The lowest BCUT2D eigenvalue weighted by Crippen LogP contribution is -1.95. The molecular weight excluding hydrogens is 635 g/mol. The molecule has 4 heteroatoms. The van der Waals surface area contributed by atoms with Crippen molar-refractivity contribution in [1.82, 2.24) is 13.7 Å². The van der Waals surface area contributed by atoms with E-state index in [2.05, 4.69) is 190 Å². The van der Waals surface area contributed by atoms with Crippen molar-refractivity contribution in [2.45, 2.75) is 0 Å². The molecule has 7 aromatic carbocycles. The lowest BCUT2D eigenvalue weighted by molar-refractivity contribution is 0.677. The van der Waals surface area contributed by atoms with Gasteiger partial charge in [0.25, 0.3) is 0 Å². The summed E-state index contributed by atoms with van der Waals surface area (Å²) >= 11 is 0. The molecule has 11 aromatic rings. The SMILES string of the molecule is C=C/C=C(\C=C\n1c2ccccc2c2c3oc4c(ccc5c4c4ccccc4n5-c4ccccc4)c3ccc21)n1c2ccccc2c2ccccc21. The minimum atomic E-state index is 0.907. The third kappa shape index (κ3) is 3.92. The Kier molecular flexibility index (Phi) is 6.07. The van der Waals surface area contributed by atoms with E-state index in [-0.39, 0.29) is 0 Å². The quantitative estimate of drug-likeness (QED) is 0.168. The molecule has 4 nitrogen and oxygen atoms in total. The average molecular weight is 666 g/mol. The van der Waals surface area contributed by atoms with Crippen molar-refractivity contribution in [3.05, 3.63) is 176 Å². The molecular formula is C48H31N3O. The number of hydrogen-bond donors (Lipinski definition) is 0. The Balaban J connectivity index is 1.16. The van der Waals surface area contributed by atoms with Gasteiger partial charge in [0, 0.05) is 49.9 Å². The normalized spacial score (nSPS) is 12.7. The third-order valence-electron chi connectivity index (χ3n) is 10.6. The number of rotatable bonds is 5. The van der Waals surface area contributed by atoms with E-state index in [1.165, 1.54) is 16.2 Å². The Morgan fingerprint density at radius 2 is 0.981 bits per heavy atom. The summed E-state index contributed by atoms with van der Waals surface area (Å²) in [4.78, 5) is 0. The Morgan fingerprint density at radius 3 is 1.63 bits per heavy atom. The Labute approximate surface area is 298 Å². The number of para-hydroxylation sites is 5. The van der Waals surface area contributed by atoms with Gasteiger partial charge in [-0.2, -0.15) is 0 Å². The highest BCUT2D eigenvalue weighted by molar-refractivity contribution is 6.29. The van der Waals surface area contributed by atoms with Gasteiger partial charge in [-0.15, -0.1) is 0 Å². The number of furan rings is 1. The maximum atomic E-state index is 7.10. The molecule has 0 atom stereocenters. The van der Waals surface area contributed by atoms with Crippen molar-refractivity contribution in [3.63, 3.8) is 0 Å². The zero-order chi connectivity index (χ0) is 34.3. The van der Waals surface area contributed by atoms with E-state index in [9.17, 15) is 0 Å². The smallest absolute Gasteiger partial charge is 0.145 e. The summed E-state index contributed by atoms with van der Waals surface area (Å²) in [6.45, 7) is 4.09. The van der Waals surface area contributed by atoms with E-state index < -0.39 is 0 Å². The van der Waals surface area contributed by atoms with Crippen LogP contribution in [0.3, 0.4) is 0 Å². The molecule has 0 aliphatic carbocycles. The molecule has 0 unspecified atom stereocenters.